The number of fused-ring (bicyclic) bond motifs is 1. The number of hydrogen-bond acceptors (Lipinski definition) is 4. The number of carbonyl (C=O) groups excluding carboxylic acids is 2. The van der Waals surface area contributed by atoms with Crippen molar-refractivity contribution in [1.82, 2.24) is 10.2 Å². The molecular formula is C19H20FN3O3. The SMILES string of the molecule is CN(C)[C@H](CNC(=O)c1ccc2c(c1)OCC(=O)N2)c1cccc(F)c1. The number of likely N-dealkylation sites (N-methyl/N-ethyl adjacent to an activating group) is 1. The first-order chi connectivity index (χ1) is 12.4. The van der Waals surface area contributed by atoms with E-state index in [2.05, 4.69) is 10.6 Å². The first kappa shape index (κ1) is 17.9. The summed E-state index contributed by atoms with van der Waals surface area (Å²) in [6.45, 7) is 0.254. The van der Waals surface area contributed by atoms with E-state index < -0.39 is 0 Å². The Balaban J connectivity index is 1.70. The summed E-state index contributed by atoms with van der Waals surface area (Å²) in [5.41, 5.74) is 1.76. The van der Waals surface area contributed by atoms with Crippen LogP contribution >= 0.6 is 0 Å². The minimum absolute atomic E-state index is 0.0691. The molecule has 2 aromatic rings. The zero-order chi connectivity index (χ0) is 18.7. The molecule has 2 amide bonds. The Morgan fingerprint density at radius 3 is 2.85 bits per heavy atom. The highest BCUT2D eigenvalue weighted by Crippen LogP contribution is 2.28. The molecule has 0 aromatic heterocycles. The van der Waals surface area contributed by atoms with Gasteiger partial charge in [0.15, 0.2) is 6.61 Å². The van der Waals surface area contributed by atoms with Crippen LogP contribution in [0.5, 0.6) is 5.75 Å². The molecular weight excluding hydrogens is 337 g/mol. The van der Waals surface area contributed by atoms with Gasteiger partial charge in [-0.3, -0.25) is 9.59 Å². The lowest BCUT2D eigenvalue weighted by Crippen LogP contribution is -2.34. The smallest absolute Gasteiger partial charge is 0.262 e. The number of nitrogens with zero attached hydrogens (tertiary/aromatic N) is 1. The normalized spacial score (nSPS) is 14.2. The Labute approximate surface area is 150 Å². The molecule has 0 saturated heterocycles. The van der Waals surface area contributed by atoms with E-state index in [-0.39, 0.29) is 30.3 Å². The molecule has 0 bridgehead atoms. The zero-order valence-corrected chi connectivity index (χ0v) is 14.6. The van der Waals surface area contributed by atoms with Crippen LogP contribution in [0.2, 0.25) is 0 Å². The molecule has 2 N–H and O–H groups in total. The molecule has 0 unspecified atom stereocenters. The van der Waals surface area contributed by atoms with Crippen molar-refractivity contribution >= 4 is 17.5 Å². The van der Waals surface area contributed by atoms with Crippen molar-refractivity contribution in [2.45, 2.75) is 6.04 Å². The van der Waals surface area contributed by atoms with Crippen LogP contribution in [0.4, 0.5) is 10.1 Å². The summed E-state index contributed by atoms with van der Waals surface area (Å²) >= 11 is 0. The van der Waals surface area contributed by atoms with Crippen molar-refractivity contribution in [2.75, 3.05) is 32.6 Å². The highest BCUT2D eigenvalue weighted by molar-refractivity contribution is 5.99. The number of amides is 2. The second kappa shape index (κ2) is 7.53. The molecule has 1 atom stereocenters. The predicted octanol–water partition coefficient (Wildman–Crippen LogP) is 2.19. The monoisotopic (exact) mass is 357 g/mol. The molecule has 6 nitrogen and oxygen atoms in total. The summed E-state index contributed by atoms with van der Waals surface area (Å²) in [7, 11) is 3.74. The van der Waals surface area contributed by atoms with Gasteiger partial charge >= 0.3 is 0 Å². The molecule has 136 valence electrons. The lowest BCUT2D eigenvalue weighted by atomic mass is 10.1. The van der Waals surface area contributed by atoms with Gasteiger partial charge in [0.05, 0.1) is 11.7 Å². The molecule has 1 aliphatic heterocycles. The van der Waals surface area contributed by atoms with Gasteiger partial charge in [0.25, 0.3) is 11.8 Å². The third kappa shape index (κ3) is 4.00. The van der Waals surface area contributed by atoms with Crippen LogP contribution in [-0.4, -0.2) is 44.0 Å². The quantitative estimate of drug-likeness (QED) is 0.861. The highest BCUT2D eigenvalue weighted by atomic mass is 19.1. The van der Waals surface area contributed by atoms with Crippen LogP contribution in [0.25, 0.3) is 0 Å². The summed E-state index contributed by atoms with van der Waals surface area (Å²) in [5, 5.41) is 5.55. The summed E-state index contributed by atoms with van der Waals surface area (Å²) < 4.78 is 18.8. The van der Waals surface area contributed by atoms with Crippen molar-refractivity contribution in [2.24, 2.45) is 0 Å². The number of halogens is 1. The first-order valence-electron chi connectivity index (χ1n) is 8.21. The van der Waals surface area contributed by atoms with Gasteiger partial charge in [-0.2, -0.15) is 0 Å². The van der Waals surface area contributed by atoms with Gasteiger partial charge in [-0.05, 0) is 50.0 Å². The Hall–Kier alpha value is -2.93. The number of ether oxygens (including phenoxy) is 1. The van der Waals surface area contributed by atoms with Crippen molar-refractivity contribution < 1.29 is 18.7 Å². The second-order valence-corrected chi connectivity index (χ2v) is 6.29. The average Bonchev–Trinajstić information content (AvgIpc) is 2.61. The number of rotatable bonds is 5. The maximum absolute atomic E-state index is 13.5. The van der Waals surface area contributed by atoms with E-state index in [1.54, 1.807) is 24.3 Å². The van der Waals surface area contributed by atoms with E-state index in [4.69, 9.17) is 4.74 Å². The molecule has 7 heteroatoms. The van der Waals surface area contributed by atoms with Gasteiger partial charge in [0, 0.05) is 12.1 Å². The van der Waals surface area contributed by atoms with Crippen LogP contribution in [0.3, 0.4) is 0 Å². The minimum atomic E-state index is -0.311. The second-order valence-electron chi connectivity index (χ2n) is 6.29. The van der Waals surface area contributed by atoms with Crippen LogP contribution in [0, 0.1) is 5.82 Å². The van der Waals surface area contributed by atoms with Crippen LogP contribution < -0.4 is 15.4 Å². The standard InChI is InChI=1S/C19H20FN3O3/c1-23(2)16(12-4-3-5-14(20)8-12)10-21-19(25)13-6-7-15-17(9-13)26-11-18(24)22-15/h3-9,16H,10-11H2,1-2H3,(H,21,25)(H,22,24)/t16-/m1/s1. The molecule has 0 aliphatic carbocycles. The summed E-state index contributed by atoms with van der Waals surface area (Å²) in [6, 6.07) is 11.0. The third-order valence-electron chi connectivity index (χ3n) is 4.19. The number of hydrogen-bond donors (Lipinski definition) is 2. The topological polar surface area (TPSA) is 70.7 Å². The number of nitrogens with one attached hydrogen (secondary N) is 2. The van der Waals surface area contributed by atoms with Gasteiger partial charge in [0.1, 0.15) is 11.6 Å². The van der Waals surface area contributed by atoms with Crippen LogP contribution in [0.15, 0.2) is 42.5 Å². The molecule has 26 heavy (non-hydrogen) atoms. The fourth-order valence-electron chi connectivity index (χ4n) is 2.82. The molecule has 3 rings (SSSR count). The van der Waals surface area contributed by atoms with Gasteiger partial charge in [-0.15, -0.1) is 0 Å². The van der Waals surface area contributed by atoms with Gasteiger partial charge in [0.2, 0.25) is 0 Å². The summed E-state index contributed by atoms with van der Waals surface area (Å²) in [6.07, 6.45) is 0. The van der Waals surface area contributed by atoms with Crippen molar-refractivity contribution in [1.29, 1.82) is 0 Å². The molecule has 2 aromatic carbocycles. The van der Waals surface area contributed by atoms with E-state index >= 15 is 0 Å². The fraction of sp³-hybridized carbons (Fsp3) is 0.263. The highest BCUT2D eigenvalue weighted by Gasteiger charge is 2.19. The molecule has 1 aliphatic rings. The van der Waals surface area contributed by atoms with Crippen molar-refractivity contribution in [3.63, 3.8) is 0 Å². The summed E-state index contributed by atoms with van der Waals surface area (Å²) in [4.78, 5) is 25.7. The molecule has 1 heterocycles. The van der Waals surface area contributed by atoms with Gasteiger partial charge in [-0.1, -0.05) is 12.1 Å². The van der Waals surface area contributed by atoms with E-state index in [1.807, 2.05) is 25.1 Å². The van der Waals surface area contributed by atoms with Gasteiger partial charge < -0.3 is 20.3 Å². The first-order valence-corrected chi connectivity index (χ1v) is 8.21. The average molecular weight is 357 g/mol. The van der Waals surface area contributed by atoms with Gasteiger partial charge in [-0.25, -0.2) is 4.39 Å². The van der Waals surface area contributed by atoms with Crippen molar-refractivity contribution in [3.05, 3.63) is 59.4 Å². The maximum atomic E-state index is 13.5. The zero-order valence-electron chi connectivity index (χ0n) is 14.6. The lowest BCUT2D eigenvalue weighted by Gasteiger charge is -2.25. The Kier molecular flexibility index (Phi) is 5.18. The lowest BCUT2D eigenvalue weighted by molar-refractivity contribution is -0.118. The fourth-order valence-corrected chi connectivity index (χ4v) is 2.82. The minimum Gasteiger partial charge on any atom is -0.482 e. The Bertz CT molecular complexity index is 839. The van der Waals surface area contributed by atoms with Crippen LogP contribution in [0.1, 0.15) is 22.0 Å². The number of benzene rings is 2. The largest absolute Gasteiger partial charge is 0.482 e. The Morgan fingerprint density at radius 1 is 1.31 bits per heavy atom. The van der Waals surface area contributed by atoms with E-state index in [0.29, 0.717) is 23.5 Å². The number of anilines is 1. The molecule has 0 saturated carbocycles. The maximum Gasteiger partial charge on any atom is 0.262 e. The third-order valence-corrected chi connectivity index (χ3v) is 4.19. The Morgan fingerprint density at radius 2 is 2.12 bits per heavy atom. The predicted molar refractivity (Wildman–Crippen MR) is 95.7 cm³/mol. The molecule has 0 fully saturated rings. The van der Waals surface area contributed by atoms with E-state index in [9.17, 15) is 14.0 Å². The molecule has 0 radical (unpaired) electrons. The molecule has 0 spiro atoms. The van der Waals surface area contributed by atoms with Crippen LogP contribution in [-0.2, 0) is 4.79 Å². The number of carbonyl (C=O) groups is 2. The van der Waals surface area contributed by atoms with Crippen molar-refractivity contribution in [3.8, 4) is 5.75 Å². The summed E-state index contributed by atoms with van der Waals surface area (Å²) in [5.74, 6) is -0.337. The van der Waals surface area contributed by atoms with E-state index in [0.717, 1.165) is 5.56 Å². The van der Waals surface area contributed by atoms with E-state index in [1.165, 1.54) is 12.1 Å².